The van der Waals surface area contributed by atoms with Gasteiger partial charge in [0.05, 0.1) is 13.2 Å². The van der Waals surface area contributed by atoms with Crippen molar-refractivity contribution < 1.29 is 14.3 Å². The maximum absolute atomic E-state index is 12.5. The summed E-state index contributed by atoms with van der Waals surface area (Å²) < 4.78 is 11.1. The first-order valence-corrected chi connectivity index (χ1v) is 9.27. The van der Waals surface area contributed by atoms with Crippen molar-refractivity contribution in [2.24, 2.45) is 0 Å². The Morgan fingerprint density at radius 1 is 1.12 bits per heavy atom. The lowest BCUT2D eigenvalue weighted by Crippen LogP contribution is -2.14. The molecule has 2 aromatic rings. The molecular formula is C18H25N3O3S. The number of nitrogens with zero attached hydrogens (tertiary/aromatic N) is 2. The molecule has 25 heavy (non-hydrogen) atoms. The molecule has 0 saturated carbocycles. The fourth-order valence-electron chi connectivity index (χ4n) is 2.06. The first-order chi connectivity index (χ1) is 11.9. The van der Waals surface area contributed by atoms with Crippen molar-refractivity contribution in [1.82, 2.24) is 10.2 Å². The monoisotopic (exact) mass is 363 g/mol. The summed E-state index contributed by atoms with van der Waals surface area (Å²) in [5, 5.41) is 12.5. The molecule has 1 aromatic carbocycles. The highest BCUT2D eigenvalue weighted by Gasteiger charge is 2.24. The number of carbonyl (C=O) groups is 1. The molecule has 6 nitrogen and oxygen atoms in total. The Labute approximate surface area is 152 Å². The van der Waals surface area contributed by atoms with Gasteiger partial charge in [0.15, 0.2) is 11.5 Å². The molecule has 1 amide bonds. The molecule has 0 bridgehead atoms. The van der Waals surface area contributed by atoms with Gasteiger partial charge in [-0.25, -0.2) is 0 Å². The lowest BCUT2D eigenvalue weighted by atomic mass is 9.91. The quantitative estimate of drug-likeness (QED) is 0.758. The minimum Gasteiger partial charge on any atom is -0.490 e. The Kier molecular flexibility index (Phi) is 6.36. The highest BCUT2D eigenvalue weighted by atomic mass is 32.1. The highest BCUT2D eigenvalue weighted by molar-refractivity contribution is 7.15. The Morgan fingerprint density at radius 2 is 1.80 bits per heavy atom. The normalized spacial score (nSPS) is 11.2. The molecule has 0 fully saturated rings. The van der Waals surface area contributed by atoms with Gasteiger partial charge < -0.3 is 9.47 Å². The second-order valence-corrected chi connectivity index (χ2v) is 7.11. The average Bonchev–Trinajstić information content (AvgIpc) is 3.06. The van der Waals surface area contributed by atoms with Crippen LogP contribution in [0.1, 0.15) is 56.4 Å². The van der Waals surface area contributed by atoms with Crippen LogP contribution in [-0.2, 0) is 5.41 Å². The molecule has 0 spiro atoms. The van der Waals surface area contributed by atoms with Crippen molar-refractivity contribution in [3.63, 3.8) is 0 Å². The Hall–Kier alpha value is -2.15. The summed E-state index contributed by atoms with van der Waals surface area (Å²) in [6, 6.07) is 5.14. The third-order valence-corrected chi connectivity index (χ3v) is 5.12. The smallest absolute Gasteiger partial charge is 0.257 e. The number of amides is 1. The number of carbonyl (C=O) groups excluding carboxylic acids is 1. The molecule has 0 aliphatic heterocycles. The molecule has 0 aliphatic carbocycles. The molecule has 1 aromatic heterocycles. The number of anilines is 1. The van der Waals surface area contributed by atoms with Gasteiger partial charge in [-0.2, -0.15) is 0 Å². The van der Waals surface area contributed by atoms with Crippen LogP contribution in [0, 0.1) is 0 Å². The first-order valence-electron chi connectivity index (χ1n) is 8.46. The van der Waals surface area contributed by atoms with Crippen LogP contribution >= 0.6 is 11.3 Å². The molecule has 1 N–H and O–H groups in total. The summed E-state index contributed by atoms with van der Waals surface area (Å²) >= 11 is 1.40. The zero-order valence-corrected chi connectivity index (χ0v) is 16.2. The van der Waals surface area contributed by atoms with Gasteiger partial charge in [0.2, 0.25) is 5.13 Å². The van der Waals surface area contributed by atoms with Crippen LogP contribution in [-0.4, -0.2) is 29.3 Å². The molecule has 0 aliphatic rings. The minimum atomic E-state index is -0.249. The highest BCUT2D eigenvalue weighted by Crippen LogP contribution is 2.32. The molecule has 0 unspecified atom stereocenters. The topological polar surface area (TPSA) is 73.3 Å². The van der Waals surface area contributed by atoms with Gasteiger partial charge in [-0.3, -0.25) is 10.1 Å². The molecule has 7 heteroatoms. The number of hydrogen-bond donors (Lipinski definition) is 1. The van der Waals surface area contributed by atoms with Gasteiger partial charge in [0.25, 0.3) is 5.91 Å². The zero-order valence-electron chi connectivity index (χ0n) is 15.4. The van der Waals surface area contributed by atoms with E-state index in [0.717, 1.165) is 11.4 Å². The number of rotatable bonds is 8. The van der Waals surface area contributed by atoms with Gasteiger partial charge in [-0.15, -0.1) is 10.2 Å². The lowest BCUT2D eigenvalue weighted by Gasteiger charge is -2.17. The van der Waals surface area contributed by atoms with E-state index in [-0.39, 0.29) is 11.3 Å². The number of aromatic nitrogens is 2. The number of hydrogen-bond acceptors (Lipinski definition) is 6. The predicted molar refractivity (Wildman–Crippen MR) is 100.0 cm³/mol. The fourth-order valence-corrected chi connectivity index (χ4v) is 2.97. The number of benzene rings is 1. The van der Waals surface area contributed by atoms with Crippen molar-refractivity contribution in [1.29, 1.82) is 0 Å². The van der Waals surface area contributed by atoms with Crippen LogP contribution in [0.15, 0.2) is 18.2 Å². The standard InChI is InChI=1S/C18H25N3O3S/c1-6-18(4,5)16-20-21-17(25-16)19-15(22)12-9-10-13(23-7-2)14(11-12)24-8-3/h9-11H,6-8H2,1-5H3,(H,19,21,22). The van der Waals surface area contributed by atoms with Gasteiger partial charge in [-0.05, 0) is 38.5 Å². The van der Waals surface area contributed by atoms with E-state index in [0.29, 0.717) is 35.4 Å². The summed E-state index contributed by atoms with van der Waals surface area (Å²) in [6.45, 7) is 11.2. The zero-order chi connectivity index (χ0) is 18.4. The van der Waals surface area contributed by atoms with Crippen LogP contribution in [0.5, 0.6) is 11.5 Å². The number of ether oxygens (including phenoxy) is 2. The predicted octanol–water partition coefficient (Wildman–Crippen LogP) is 4.28. The first kappa shape index (κ1) is 19.2. The van der Waals surface area contributed by atoms with E-state index >= 15 is 0 Å². The summed E-state index contributed by atoms with van der Waals surface area (Å²) in [5.74, 6) is 0.937. The largest absolute Gasteiger partial charge is 0.490 e. The fraction of sp³-hybridized carbons (Fsp3) is 0.500. The van der Waals surface area contributed by atoms with Crippen molar-refractivity contribution in [2.75, 3.05) is 18.5 Å². The van der Waals surface area contributed by atoms with Crippen LogP contribution in [0.3, 0.4) is 0 Å². The Morgan fingerprint density at radius 3 is 2.44 bits per heavy atom. The van der Waals surface area contributed by atoms with E-state index in [1.807, 2.05) is 13.8 Å². The van der Waals surface area contributed by atoms with Crippen molar-refractivity contribution in [3.8, 4) is 11.5 Å². The van der Waals surface area contributed by atoms with E-state index in [1.165, 1.54) is 11.3 Å². The van der Waals surface area contributed by atoms with Crippen molar-refractivity contribution >= 4 is 22.4 Å². The van der Waals surface area contributed by atoms with E-state index in [2.05, 4.69) is 36.3 Å². The summed E-state index contributed by atoms with van der Waals surface area (Å²) in [6.07, 6.45) is 0.951. The van der Waals surface area contributed by atoms with Gasteiger partial charge in [0.1, 0.15) is 5.01 Å². The van der Waals surface area contributed by atoms with Gasteiger partial charge >= 0.3 is 0 Å². The van der Waals surface area contributed by atoms with Crippen LogP contribution in [0.4, 0.5) is 5.13 Å². The Balaban J connectivity index is 2.17. The number of nitrogens with one attached hydrogen (secondary N) is 1. The molecular weight excluding hydrogens is 338 g/mol. The summed E-state index contributed by atoms with van der Waals surface area (Å²) in [4.78, 5) is 12.5. The van der Waals surface area contributed by atoms with E-state index in [9.17, 15) is 4.79 Å². The second-order valence-electron chi connectivity index (χ2n) is 6.13. The van der Waals surface area contributed by atoms with Crippen LogP contribution in [0.2, 0.25) is 0 Å². The average molecular weight is 363 g/mol. The molecule has 1 heterocycles. The lowest BCUT2D eigenvalue weighted by molar-refractivity contribution is 0.102. The van der Waals surface area contributed by atoms with E-state index in [4.69, 9.17) is 9.47 Å². The van der Waals surface area contributed by atoms with Crippen LogP contribution < -0.4 is 14.8 Å². The SMILES string of the molecule is CCOc1ccc(C(=O)Nc2nnc(C(C)(C)CC)s2)cc1OCC. The maximum Gasteiger partial charge on any atom is 0.257 e. The summed E-state index contributed by atoms with van der Waals surface area (Å²) in [7, 11) is 0. The Bertz CT molecular complexity index is 728. The maximum atomic E-state index is 12.5. The van der Waals surface area contributed by atoms with E-state index < -0.39 is 0 Å². The molecule has 136 valence electrons. The third-order valence-electron chi connectivity index (χ3n) is 3.91. The van der Waals surface area contributed by atoms with Gasteiger partial charge in [0, 0.05) is 11.0 Å². The summed E-state index contributed by atoms with van der Waals surface area (Å²) in [5.41, 5.74) is 0.431. The molecule has 0 radical (unpaired) electrons. The van der Waals surface area contributed by atoms with Crippen LogP contribution in [0.25, 0.3) is 0 Å². The van der Waals surface area contributed by atoms with Gasteiger partial charge in [-0.1, -0.05) is 32.1 Å². The third kappa shape index (κ3) is 4.69. The van der Waals surface area contributed by atoms with E-state index in [1.54, 1.807) is 18.2 Å². The molecule has 2 rings (SSSR count). The van der Waals surface area contributed by atoms with Crippen molar-refractivity contribution in [2.45, 2.75) is 46.5 Å². The molecule has 0 atom stereocenters. The second kappa shape index (κ2) is 8.29. The van der Waals surface area contributed by atoms with Crippen molar-refractivity contribution in [3.05, 3.63) is 28.8 Å². The molecule has 0 saturated heterocycles. The minimum absolute atomic E-state index is 0.0537.